The summed E-state index contributed by atoms with van der Waals surface area (Å²) in [4.78, 5) is 35.7. The van der Waals surface area contributed by atoms with E-state index < -0.39 is 11.8 Å². The Kier molecular flexibility index (Phi) is 8.52. The molecule has 0 fully saturated rings. The van der Waals surface area contributed by atoms with E-state index in [1.165, 1.54) is 6.08 Å². The van der Waals surface area contributed by atoms with Gasteiger partial charge in [-0.15, -0.1) is 0 Å². The highest BCUT2D eigenvalue weighted by Gasteiger charge is 2.09. The van der Waals surface area contributed by atoms with Gasteiger partial charge >= 0.3 is 0 Å². The molecule has 0 aliphatic rings. The Morgan fingerprint density at radius 3 is 2.20 bits per heavy atom. The first kappa shape index (κ1) is 23.1. The van der Waals surface area contributed by atoms with Gasteiger partial charge < -0.3 is 5.32 Å². The average molecular weight is 445 g/mol. The number of carbonyl (C=O) groups is 3. The van der Waals surface area contributed by atoms with Gasteiger partial charge in [0.1, 0.15) is 0 Å². The third-order valence-electron chi connectivity index (χ3n) is 3.76. The number of nitrogens with one attached hydrogen (secondary N) is 4. The smallest absolute Gasteiger partial charge is 0.269 e. The maximum absolute atomic E-state index is 12.2. The Morgan fingerprint density at radius 2 is 1.60 bits per heavy atom. The lowest BCUT2D eigenvalue weighted by molar-refractivity contribution is -0.119. The zero-order valence-corrected chi connectivity index (χ0v) is 17.9. The van der Waals surface area contributed by atoms with Crippen LogP contribution in [-0.2, 0) is 9.59 Å². The lowest BCUT2D eigenvalue weighted by Crippen LogP contribution is -2.48. The summed E-state index contributed by atoms with van der Waals surface area (Å²) in [5.41, 5.74) is 6.59. The van der Waals surface area contributed by atoms with E-state index in [9.17, 15) is 14.4 Å². The van der Waals surface area contributed by atoms with E-state index in [2.05, 4.69) is 21.5 Å². The van der Waals surface area contributed by atoms with E-state index in [0.29, 0.717) is 16.3 Å². The van der Waals surface area contributed by atoms with Crippen molar-refractivity contribution in [3.63, 3.8) is 0 Å². The van der Waals surface area contributed by atoms with Gasteiger partial charge in [0, 0.05) is 28.3 Å². The number of halogens is 1. The fourth-order valence-electron chi connectivity index (χ4n) is 2.11. The molecule has 0 spiro atoms. The third-order valence-corrected chi connectivity index (χ3v) is 4.22. The van der Waals surface area contributed by atoms with E-state index in [0.717, 1.165) is 5.56 Å². The summed E-state index contributed by atoms with van der Waals surface area (Å²) in [7, 11) is 0. The van der Waals surface area contributed by atoms with Crippen molar-refractivity contribution < 1.29 is 14.4 Å². The second-order valence-corrected chi connectivity index (χ2v) is 7.35. The summed E-state index contributed by atoms with van der Waals surface area (Å²) >= 11 is 10.8. The van der Waals surface area contributed by atoms with Crippen LogP contribution in [0, 0.1) is 5.92 Å². The van der Waals surface area contributed by atoms with Crippen LogP contribution in [0.5, 0.6) is 0 Å². The van der Waals surface area contributed by atoms with Crippen molar-refractivity contribution in [3.8, 4) is 0 Å². The minimum absolute atomic E-state index is 0.0603. The van der Waals surface area contributed by atoms with Crippen molar-refractivity contribution in [1.29, 1.82) is 0 Å². The quantitative estimate of drug-likeness (QED) is 0.322. The highest BCUT2D eigenvalue weighted by atomic mass is 35.5. The fraction of sp³-hybridized carbons (Fsp3) is 0.143. The van der Waals surface area contributed by atoms with Gasteiger partial charge in [-0.05, 0) is 60.3 Å². The Morgan fingerprint density at radius 1 is 0.967 bits per heavy atom. The molecule has 30 heavy (non-hydrogen) atoms. The highest BCUT2D eigenvalue weighted by molar-refractivity contribution is 7.80. The zero-order chi connectivity index (χ0) is 22.1. The molecule has 7 nitrogen and oxygen atoms in total. The van der Waals surface area contributed by atoms with Crippen LogP contribution >= 0.6 is 23.8 Å². The number of benzene rings is 2. The lowest BCUT2D eigenvalue weighted by Gasteiger charge is -2.11. The van der Waals surface area contributed by atoms with Crippen molar-refractivity contribution in [3.05, 3.63) is 70.8 Å². The SMILES string of the molecule is CC(C)C(=O)Nc1ccc(C(=O)NNC(=S)NC(=O)/C=C/c2ccc(Cl)cc2)cc1. The molecular formula is C21H21ClN4O3S. The summed E-state index contributed by atoms with van der Waals surface area (Å²) in [5, 5.41) is 5.70. The molecule has 0 saturated carbocycles. The van der Waals surface area contributed by atoms with Crippen LogP contribution in [0.1, 0.15) is 29.8 Å². The number of hydrazine groups is 1. The number of thiocarbonyl (C=S) groups is 1. The Hall–Kier alpha value is -3.23. The molecule has 0 aromatic heterocycles. The molecule has 0 aliphatic carbocycles. The molecule has 3 amide bonds. The second-order valence-electron chi connectivity index (χ2n) is 6.50. The van der Waals surface area contributed by atoms with Crippen molar-refractivity contribution in [2.45, 2.75) is 13.8 Å². The van der Waals surface area contributed by atoms with Gasteiger partial charge in [-0.1, -0.05) is 37.6 Å². The molecule has 4 N–H and O–H groups in total. The molecule has 0 radical (unpaired) electrons. The van der Waals surface area contributed by atoms with Crippen LogP contribution in [0.4, 0.5) is 5.69 Å². The largest absolute Gasteiger partial charge is 0.326 e. The maximum atomic E-state index is 12.2. The van der Waals surface area contributed by atoms with Gasteiger partial charge in [-0.2, -0.15) is 0 Å². The van der Waals surface area contributed by atoms with Crippen LogP contribution in [0.15, 0.2) is 54.6 Å². The molecule has 156 valence electrons. The third kappa shape index (κ3) is 7.65. The summed E-state index contributed by atoms with van der Waals surface area (Å²) in [6.45, 7) is 3.58. The van der Waals surface area contributed by atoms with Gasteiger partial charge in [0.2, 0.25) is 11.8 Å². The topological polar surface area (TPSA) is 99.3 Å². The van der Waals surface area contributed by atoms with Crippen molar-refractivity contribution in [1.82, 2.24) is 16.2 Å². The van der Waals surface area contributed by atoms with E-state index in [1.54, 1.807) is 68.5 Å². The van der Waals surface area contributed by atoms with Crippen LogP contribution in [0.2, 0.25) is 5.02 Å². The summed E-state index contributed by atoms with van der Waals surface area (Å²) in [5.74, 6) is -1.17. The molecule has 2 rings (SSSR count). The van der Waals surface area contributed by atoms with Crippen LogP contribution in [0.25, 0.3) is 6.08 Å². The fourth-order valence-corrected chi connectivity index (χ4v) is 2.39. The van der Waals surface area contributed by atoms with Gasteiger partial charge in [0.15, 0.2) is 5.11 Å². The Balaban J connectivity index is 1.79. The standard InChI is InChI=1S/C21H21ClN4O3S/c1-13(2)19(28)23-17-10-6-15(7-11-17)20(29)25-26-21(30)24-18(27)12-5-14-3-8-16(22)9-4-14/h3-13H,1-2H3,(H,23,28)(H,25,29)(H2,24,26,27,30)/b12-5+. The molecular weight excluding hydrogens is 424 g/mol. The number of amides is 3. The van der Waals surface area contributed by atoms with Gasteiger partial charge in [0.25, 0.3) is 5.91 Å². The Bertz CT molecular complexity index is 957. The van der Waals surface area contributed by atoms with Crippen molar-refractivity contribution in [2.75, 3.05) is 5.32 Å². The lowest BCUT2D eigenvalue weighted by atomic mass is 10.1. The number of hydrogen-bond acceptors (Lipinski definition) is 4. The minimum Gasteiger partial charge on any atom is -0.326 e. The van der Waals surface area contributed by atoms with Gasteiger partial charge in [0.05, 0.1) is 0 Å². The monoisotopic (exact) mass is 444 g/mol. The maximum Gasteiger partial charge on any atom is 0.269 e. The normalized spacial score (nSPS) is 10.5. The number of hydrogen-bond donors (Lipinski definition) is 4. The van der Waals surface area contributed by atoms with Crippen molar-refractivity contribution in [2.24, 2.45) is 5.92 Å². The first-order valence-corrected chi connectivity index (χ1v) is 9.79. The molecule has 2 aromatic carbocycles. The summed E-state index contributed by atoms with van der Waals surface area (Å²) in [6.07, 6.45) is 2.91. The minimum atomic E-state index is -0.457. The molecule has 0 atom stereocenters. The predicted molar refractivity (Wildman–Crippen MR) is 122 cm³/mol. The Labute approximate surface area is 184 Å². The average Bonchev–Trinajstić information content (AvgIpc) is 2.72. The number of rotatable bonds is 5. The number of anilines is 1. The van der Waals surface area contributed by atoms with Crippen LogP contribution in [0.3, 0.4) is 0 Å². The van der Waals surface area contributed by atoms with Gasteiger partial charge in [-0.25, -0.2) is 0 Å². The first-order valence-electron chi connectivity index (χ1n) is 9.00. The molecule has 2 aromatic rings. The second kappa shape index (κ2) is 11.1. The predicted octanol–water partition coefficient (Wildman–Crippen LogP) is 3.28. The van der Waals surface area contributed by atoms with Crippen LogP contribution < -0.4 is 21.5 Å². The van der Waals surface area contributed by atoms with E-state index in [1.807, 2.05) is 0 Å². The van der Waals surface area contributed by atoms with Gasteiger partial charge in [-0.3, -0.25) is 30.6 Å². The molecule has 0 unspecified atom stereocenters. The van der Waals surface area contributed by atoms with Crippen LogP contribution in [-0.4, -0.2) is 22.8 Å². The summed E-state index contributed by atoms with van der Waals surface area (Å²) in [6, 6.07) is 13.3. The summed E-state index contributed by atoms with van der Waals surface area (Å²) < 4.78 is 0. The highest BCUT2D eigenvalue weighted by Crippen LogP contribution is 2.11. The van der Waals surface area contributed by atoms with E-state index in [4.69, 9.17) is 23.8 Å². The zero-order valence-electron chi connectivity index (χ0n) is 16.4. The molecule has 0 aliphatic heterocycles. The molecule has 0 heterocycles. The first-order chi connectivity index (χ1) is 14.2. The molecule has 9 heteroatoms. The van der Waals surface area contributed by atoms with E-state index in [-0.39, 0.29) is 16.9 Å². The number of carbonyl (C=O) groups excluding carboxylic acids is 3. The molecule has 0 bridgehead atoms. The van der Waals surface area contributed by atoms with E-state index >= 15 is 0 Å². The van der Waals surface area contributed by atoms with Crippen molar-refractivity contribution >= 4 is 58.4 Å². The molecule has 0 saturated heterocycles.